The number of aromatic nitrogens is 1. The van der Waals surface area contributed by atoms with Crippen LogP contribution in [0.15, 0.2) is 36.7 Å². The molecule has 5 nitrogen and oxygen atoms in total. The van der Waals surface area contributed by atoms with Gasteiger partial charge in [0.25, 0.3) is 0 Å². The summed E-state index contributed by atoms with van der Waals surface area (Å²) in [6.07, 6.45) is 8.19. The van der Waals surface area contributed by atoms with Crippen molar-refractivity contribution in [2.75, 3.05) is 19.7 Å². The van der Waals surface area contributed by atoms with Gasteiger partial charge in [-0.25, -0.2) is 4.79 Å². The molecule has 2 aromatic rings. The summed E-state index contributed by atoms with van der Waals surface area (Å²) in [7, 11) is 0. The third-order valence-corrected chi connectivity index (χ3v) is 5.91. The van der Waals surface area contributed by atoms with Crippen LogP contribution in [-0.4, -0.2) is 35.8 Å². The van der Waals surface area contributed by atoms with Crippen LogP contribution in [0.5, 0.6) is 5.75 Å². The molecule has 1 aromatic carbocycles. The minimum atomic E-state index is -0.883. The van der Waals surface area contributed by atoms with Crippen LogP contribution in [0.1, 0.15) is 64.6 Å². The number of aromatic carboxylic acids is 1. The highest BCUT2D eigenvalue weighted by Crippen LogP contribution is 2.39. The lowest BCUT2D eigenvalue weighted by Gasteiger charge is -2.29. The number of carboxylic acids is 1. The van der Waals surface area contributed by atoms with E-state index >= 15 is 0 Å². The predicted molar refractivity (Wildman–Crippen MR) is 104 cm³/mol. The monoisotopic (exact) mass is 366 g/mol. The molecule has 1 saturated heterocycles. The molecule has 3 heterocycles. The van der Waals surface area contributed by atoms with Crippen molar-refractivity contribution in [2.45, 2.75) is 43.9 Å². The lowest BCUT2D eigenvalue weighted by molar-refractivity contribution is 0.0695. The molecule has 2 aliphatic heterocycles. The molecular weight excluding hydrogens is 340 g/mol. The summed E-state index contributed by atoms with van der Waals surface area (Å²) >= 11 is 0. The average Bonchev–Trinajstić information content (AvgIpc) is 2.72. The Kier molecular flexibility index (Phi) is 5.39. The molecule has 1 aromatic heterocycles. The van der Waals surface area contributed by atoms with E-state index in [9.17, 15) is 9.90 Å². The van der Waals surface area contributed by atoms with Crippen molar-refractivity contribution in [3.05, 3.63) is 58.9 Å². The molecular formula is C22H26N2O3. The molecule has 4 rings (SSSR count). The fourth-order valence-corrected chi connectivity index (χ4v) is 4.35. The Morgan fingerprint density at radius 2 is 2.07 bits per heavy atom. The van der Waals surface area contributed by atoms with E-state index in [0.717, 1.165) is 50.3 Å². The van der Waals surface area contributed by atoms with Crippen LogP contribution in [0.25, 0.3) is 0 Å². The van der Waals surface area contributed by atoms with E-state index in [1.807, 2.05) is 0 Å². The van der Waals surface area contributed by atoms with Gasteiger partial charge in [-0.3, -0.25) is 4.98 Å². The van der Waals surface area contributed by atoms with Gasteiger partial charge in [-0.15, -0.1) is 0 Å². The number of piperidine rings is 1. The Morgan fingerprint density at radius 1 is 1.22 bits per heavy atom. The van der Waals surface area contributed by atoms with Gasteiger partial charge in [0.15, 0.2) is 0 Å². The van der Waals surface area contributed by atoms with Gasteiger partial charge < -0.3 is 15.2 Å². The van der Waals surface area contributed by atoms with Gasteiger partial charge in [0.05, 0.1) is 12.2 Å². The summed E-state index contributed by atoms with van der Waals surface area (Å²) in [5, 5.41) is 12.8. The Bertz CT molecular complexity index is 815. The highest BCUT2D eigenvalue weighted by molar-refractivity contribution is 5.89. The lowest BCUT2D eigenvalue weighted by atomic mass is 9.84. The highest BCUT2D eigenvalue weighted by Gasteiger charge is 2.24. The second-order valence-electron chi connectivity index (χ2n) is 7.53. The first-order chi connectivity index (χ1) is 13.2. The Morgan fingerprint density at radius 3 is 2.89 bits per heavy atom. The fraction of sp³-hybridized carbons (Fsp3) is 0.455. The summed E-state index contributed by atoms with van der Waals surface area (Å²) in [6.45, 7) is 2.90. The summed E-state index contributed by atoms with van der Waals surface area (Å²) in [5.41, 5.74) is 3.82. The van der Waals surface area contributed by atoms with E-state index < -0.39 is 5.97 Å². The molecule has 0 amide bonds. The molecule has 5 heteroatoms. The fourth-order valence-electron chi connectivity index (χ4n) is 4.35. The number of carboxylic acid groups (broad SMARTS) is 1. The number of fused-ring (bicyclic) bond motifs is 1. The van der Waals surface area contributed by atoms with E-state index in [1.54, 1.807) is 18.5 Å². The van der Waals surface area contributed by atoms with Gasteiger partial charge >= 0.3 is 5.97 Å². The number of rotatable bonds is 5. The standard InChI is InChI=1S/C22H26N2O3/c25-22(26)20-7-11-24-14-18(20)2-1-16-8-12-27-21-13-17(3-4-19(16)21)15-5-9-23-10-6-15/h3-4,7,11,13-16,23H,1-2,5-6,8-10,12H2,(H,25,26)/t16-/m0/s1. The first kappa shape index (κ1) is 18.0. The highest BCUT2D eigenvalue weighted by atomic mass is 16.5. The van der Waals surface area contributed by atoms with Gasteiger partial charge in [-0.2, -0.15) is 0 Å². The molecule has 1 atom stereocenters. The summed E-state index contributed by atoms with van der Waals surface area (Å²) in [5.74, 6) is 1.16. The largest absolute Gasteiger partial charge is 0.493 e. The lowest BCUT2D eigenvalue weighted by Crippen LogP contribution is -2.26. The van der Waals surface area contributed by atoms with Gasteiger partial charge in [-0.05, 0) is 85.9 Å². The molecule has 142 valence electrons. The minimum absolute atomic E-state index is 0.360. The molecule has 0 saturated carbocycles. The van der Waals surface area contributed by atoms with Gasteiger partial charge in [0, 0.05) is 12.4 Å². The van der Waals surface area contributed by atoms with Crippen molar-refractivity contribution in [1.29, 1.82) is 0 Å². The summed E-state index contributed by atoms with van der Waals surface area (Å²) in [6, 6.07) is 8.33. The van der Waals surface area contributed by atoms with E-state index in [4.69, 9.17) is 4.74 Å². The maximum Gasteiger partial charge on any atom is 0.336 e. The van der Waals surface area contributed by atoms with Crippen molar-refractivity contribution >= 4 is 5.97 Å². The Labute approximate surface area is 159 Å². The molecule has 0 aliphatic carbocycles. The van der Waals surface area contributed by atoms with Crippen LogP contribution in [0.3, 0.4) is 0 Å². The van der Waals surface area contributed by atoms with Crippen molar-refractivity contribution < 1.29 is 14.6 Å². The third kappa shape index (κ3) is 3.98. The number of nitrogens with one attached hydrogen (secondary N) is 1. The van der Waals surface area contributed by atoms with Crippen LogP contribution in [-0.2, 0) is 6.42 Å². The second kappa shape index (κ2) is 8.09. The first-order valence-corrected chi connectivity index (χ1v) is 9.86. The second-order valence-corrected chi connectivity index (χ2v) is 7.53. The van der Waals surface area contributed by atoms with E-state index in [2.05, 4.69) is 28.5 Å². The number of hydrogen-bond donors (Lipinski definition) is 2. The zero-order chi connectivity index (χ0) is 18.6. The minimum Gasteiger partial charge on any atom is -0.493 e. The number of aryl methyl sites for hydroxylation is 1. The van der Waals surface area contributed by atoms with Crippen LogP contribution < -0.4 is 10.1 Å². The van der Waals surface area contributed by atoms with Crippen molar-refractivity contribution in [1.82, 2.24) is 10.3 Å². The zero-order valence-corrected chi connectivity index (χ0v) is 15.5. The zero-order valence-electron chi connectivity index (χ0n) is 15.5. The maximum absolute atomic E-state index is 11.4. The molecule has 1 fully saturated rings. The van der Waals surface area contributed by atoms with Crippen molar-refractivity contribution in [2.24, 2.45) is 0 Å². The van der Waals surface area contributed by atoms with Gasteiger partial charge in [0.2, 0.25) is 0 Å². The molecule has 0 radical (unpaired) electrons. The number of pyridine rings is 1. The van der Waals surface area contributed by atoms with Crippen molar-refractivity contribution in [3.8, 4) is 5.75 Å². The average molecular weight is 366 g/mol. The SMILES string of the molecule is O=C(O)c1ccncc1CC[C@H]1CCOc2cc(C3CCNCC3)ccc21. The quantitative estimate of drug-likeness (QED) is 0.843. The Balaban J connectivity index is 1.49. The van der Waals surface area contributed by atoms with Crippen LogP contribution in [0.2, 0.25) is 0 Å². The molecule has 27 heavy (non-hydrogen) atoms. The third-order valence-electron chi connectivity index (χ3n) is 5.91. The van der Waals surface area contributed by atoms with E-state index in [0.29, 0.717) is 17.4 Å². The van der Waals surface area contributed by atoms with E-state index in [1.165, 1.54) is 24.0 Å². The van der Waals surface area contributed by atoms with Crippen LogP contribution in [0, 0.1) is 0 Å². The summed E-state index contributed by atoms with van der Waals surface area (Å²) in [4.78, 5) is 15.5. The smallest absolute Gasteiger partial charge is 0.336 e. The van der Waals surface area contributed by atoms with Crippen molar-refractivity contribution in [3.63, 3.8) is 0 Å². The number of hydrogen-bond acceptors (Lipinski definition) is 4. The van der Waals surface area contributed by atoms with Crippen LogP contribution >= 0.6 is 0 Å². The summed E-state index contributed by atoms with van der Waals surface area (Å²) < 4.78 is 5.98. The predicted octanol–water partition coefficient (Wildman–Crippen LogP) is 3.75. The van der Waals surface area contributed by atoms with Gasteiger partial charge in [-0.1, -0.05) is 12.1 Å². The first-order valence-electron chi connectivity index (χ1n) is 9.86. The van der Waals surface area contributed by atoms with E-state index in [-0.39, 0.29) is 0 Å². The van der Waals surface area contributed by atoms with Crippen LogP contribution in [0.4, 0.5) is 0 Å². The number of carbonyl (C=O) groups is 1. The Hall–Kier alpha value is -2.40. The number of benzene rings is 1. The van der Waals surface area contributed by atoms with Gasteiger partial charge in [0.1, 0.15) is 5.75 Å². The number of nitrogens with zero attached hydrogens (tertiary/aromatic N) is 1. The topological polar surface area (TPSA) is 71.5 Å². The molecule has 0 bridgehead atoms. The molecule has 0 spiro atoms. The number of ether oxygens (including phenoxy) is 1. The maximum atomic E-state index is 11.4. The normalized spacial score (nSPS) is 19.9. The molecule has 2 N–H and O–H groups in total. The molecule has 0 unspecified atom stereocenters. The molecule has 2 aliphatic rings.